The van der Waals surface area contributed by atoms with Crippen molar-refractivity contribution >= 4 is 5.91 Å². The Bertz CT molecular complexity index is 539. The fourth-order valence-electron chi connectivity index (χ4n) is 1.77. The third kappa shape index (κ3) is 2.25. The number of nitrogens with zero attached hydrogens (tertiary/aromatic N) is 2. The molecule has 2 rings (SSSR count). The molecule has 1 aromatic carbocycles. The van der Waals surface area contributed by atoms with Gasteiger partial charge in [-0.3, -0.25) is 9.89 Å². The lowest BCUT2D eigenvalue weighted by Gasteiger charge is -2.25. The number of rotatable bonds is 3. The second kappa shape index (κ2) is 5.00. The number of halogens is 1. The molecule has 1 heterocycles. The van der Waals surface area contributed by atoms with Gasteiger partial charge < -0.3 is 4.90 Å². The molecule has 1 aromatic heterocycles. The second-order valence-corrected chi connectivity index (χ2v) is 4.10. The standard InChI is InChI=1S/C13H14FN3O/c1-9(11-5-3-4-6-12(11)14)17(2)13(18)10-7-15-16-8-10/h3-9H,1-2H3,(H,15,16). The first-order valence-electron chi connectivity index (χ1n) is 5.61. The Morgan fingerprint density at radius 1 is 1.44 bits per heavy atom. The van der Waals surface area contributed by atoms with Crippen molar-refractivity contribution in [2.24, 2.45) is 0 Å². The number of nitrogens with one attached hydrogen (secondary N) is 1. The first-order valence-corrected chi connectivity index (χ1v) is 5.61. The van der Waals surface area contributed by atoms with Gasteiger partial charge in [-0.1, -0.05) is 18.2 Å². The normalized spacial score (nSPS) is 12.2. The molecule has 1 unspecified atom stereocenters. The van der Waals surface area contributed by atoms with Crippen LogP contribution in [-0.4, -0.2) is 28.1 Å². The molecule has 0 aliphatic carbocycles. The van der Waals surface area contributed by atoms with E-state index in [1.807, 2.05) is 0 Å². The first-order chi connectivity index (χ1) is 8.61. The van der Waals surface area contributed by atoms with Gasteiger partial charge in [0, 0.05) is 18.8 Å². The van der Waals surface area contributed by atoms with Crippen molar-refractivity contribution in [3.05, 3.63) is 53.6 Å². The molecule has 0 fully saturated rings. The van der Waals surface area contributed by atoms with Gasteiger partial charge in [0.25, 0.3) is 5.91 Å². The van der Waals surface area contributed by atoms with E-state index in [4.69, 9.17) is 0 Å². The summed E-state index contributed by atoms with van der Waals surface area (Å²) in [5, 5.41) is 6.31. The van der Waals surface area contributed by atoms with Gasteiger partial charge in [-0.15, -0.1) is 0 Å². The van der Waals surface area contributed by atoms with Gasteiger partial charge >= 0.3 is 0 Å². The first kappa shape index (κ1) is 12.3. The van der Waals surface area contributed by atoms with Crippen molar-refractivity contribution in [3.63, 3.8) is 0 Å². The predicted octanol–water partition coefficient (Wildman–Crippen LogP) is 2.38. The minimum atomic E-state index is -0.339. The molecule has 1 amide bonds. The minimum absolute atomic E-state index is 0.195. The van der Waals surface area contributed by atoms with E-state index in [1.165, 1.54) is 23.4 Å². The maximum Gasteiger partial charge on any atom is 0.257 e. The lowest BCUT2D eigenvalue weighted by Crippen LogP contribution is -2.29. The molecule has 2 aromatic rings. The van der Waals surface area contributed by atoms with E-state index >= 15 is 0 Å². The third-order valence-electron chi connectivity index (χ3n) is 3.00. The zero-order valence-electron chi connectivity index (χ0n) is 10.2. The maximum atomic E-state index is 13.6. The summed E-state index contributed by atoms with van der Waals surface area (Å²) in [7, 11) is 1.65. The summed E-state index contributed by atoms with van der Waals surface area (Å²) in [4.78, 5) is 13.6. The Hall–Kier alpha value is -2.17. The Labute approximate surface area is 104 Å². The Balaban J connectivity index is 2.22. The van der Waals surface area contributed by atoms with E-state index in [1.54, 1.807) is 32.2 Å². The fraction of sp³-hybridized carbons (Fsp3) is 0.231. The largest absolute Gasteiger partial charge is 0.335 e. The van der Waals surface area contributed by atoms with Crippen molar-refractivity contribution < 1.29 is 9.18 Å². The topological polar surface area (TPSA) is 49.0 Å². The summed E-state index contributed by atoms with van der Waals surface area (Å²) in [5.41, 5.74) is 0.956. The molecule has 0 saturated carbocycles. The number of aromatic amines is 1. The zero-order chi connectivity index (χ0) is 13.1. The molecule has 94 valence electrons. The number of benzene rings is 1. The monoisotopic (exact) mass is 247 g/mol. The van der Waals surface area contributed by atoms with E-state index in [2.05, 4.69) is 10.2 Å². The highest BCUT2D eigenvalue weighted by Crippen LogP contribution is 2.22. The number of hydrogen-bond acceptors (Lipinski definition) is 2. The van der Waals surface area contributed by atoms with Crippen molar-refractivity contribution in [3.8, 4) is 0 Å². The quantitative estimate of drug-likeness (QED) is 0.905. The van der Waals surface area contributed by atoms with Crippen LogP contribution < -0.4 is 0 Å². The van der Waals surface area contributed by atoms with Gasteiger partial charge in [-0.2, -0.15) is 5.10 Å². The molecule has 1 atom stereocenters. The fourth-order valence-corrected chi connectivity index (χ4v) is 1.77. The molecule has 0 saturated heterocycles. The Morgan fingerprint density at radius 3 is 2.78 bits per heavy atom. The summed E-state index contributed by atoms with van der Waals surface area (Å²) in [6, 6.07) is 6.11. The van der Waals surface area contributed by atoms with Crippen LogP contribution in [0.2, 0.25) is 0 Å². The number of carbonyl (C=O) groups is 1. The van der Waals surface area contributed by atoms with E-state index in [9.17, 15) is 9.18 Å². The molecule has 0 aliphatic rings. The Kier molecular flexibility index (Phi) is 3.41. The summed E-state index contributed by atoms with van der Waals surface area (Å²) in [5.74, 6) is -0.503. The molecular weight excluding hydrogens is 233 g/mol. The van der Waals surface area contributed by atoms with Crippen molar-refractivity contribution in [1.82, 2.24) is 15.1 Å². The maximum absolute atomic E-state index is 13.6. The van der Waals surface area contributed by atoms with Crippen LogP contribution in [0.25, 0.3) is 0 Å². The molecule has 0 radical (unpaired) electrons. The van der Waals surface area contributed by atoms with Crippen molar-refractivity contribution in [2.45, 2.75) is 13.0 Å². The van der Waals surface area contributed by atoms with Crippen LogP contribution in [0, 0.1) is 5.82 Å². The predicted molar refractivity (Wildman–Crippen MR) is 65.5 cm³/mol. The SMILES string of the molecule is CC(c1ccccc1F)N(C)C(=O)c1cn[nH]c1. The summed E-state index contributed by atoms with van der Waals surface area (Å²) in [6.45, 7) is 1.79. The highest BCUT2D eigenvalue weighted by molar-refractivity contribution is 5.93. The molecule has 5 heteroatoms. The number of carbonyl (C=O) groups excluding carboxylic acids is 1. The van der Waals surface area contributed by atoms with Crippen LogP contribution >= 0.6 is 0 Å². The molecule has 0 spiro atoms. The smallest absolute Gasteiger partial charge is 0.257 e. The van der Waals surface area contributed by atoms with Crippen LogP contribution in [0.1, 0.15) is 28.9 Å². The highest BCUT2D eigenvalue weighted by atomic mass is 19.1. The van der Waals surface area contributed by atoms with E-state index in [0.717, 1.165) is 0 Å². The lowest BCUT2D eigenvalue weighted by atomic mass is 10.1. The minimum Gasteiger partial charge on any atom is -0.335 e. The van der Waals surface area contributed by atoms with E-state index in [0.29, 0.717) is 11.1 Å². The van der Waals surface area contributed by atoms with Crippen molar-refractivity contribution in [1.29, 1.82) is 0 Å². The second-order valence-electron chi connectivity index (χ2n) is 4.10. The summed E-state index contributed by atoms with van der Waals surface area (Å²) < 4.78 is 13.6. The van der Waals surface area contributed by atoms with Gasteiger partial charge in [0.2, 0.25) is 0 Å². The van der Waals surface area contributed by atoms with E-state index < -0.39 is 0 Å². The van der Waals surface area contributed by atoms with Gasteiger partial charge in [-0.25, -0.2) is 4.39 Å². The average molecular weight is 247 g/mol. The number of amides is 1. The lowest BCUT2D eigenvalue weighted by molar-refractivity contribution is 0.0740. The molecular formula is C13H14FN3O. The highest BCUT2D eigenvalue weighted by Gasteiger charge is 2.21. The van der Waals surface area contributed by atoms with E-state index in [-0.39, 0.29) is 17.8 Å². The molecule has 4 nitrogen and oxygen atoms in total. The molecule has 1 N–H and O–H groups in total. The third-order valence-corrected chi connectivity index (χ3v) is 3.00. The Morgan fingerprint density at radius 2 is 2.17 bits per heavy atom. The number of H-pyrrole nitrogens is 1. The number of aromatic nitrogens is 2. The molecule has 0 aliphatic heterocycles. The summed E-state index contributed by atoms with van der Waals surface area (Å²) >= 11 is 0. The number of hydrogen-bond donors (Lipinski definition) is 1. The van der Waals surface area contributed by atoms with Crippen LogP contribution in [0.5, 0.6) is 0 Å². The van der Waals surface area contributed by atoms with Crippen LogP contribution in [0.3, 0.4) is 0 Å². The van der Waals surface area contributed by atoms with Gasteiger partial charge in [0.05, 0.1) is 17.8 Å². The van der Waals surface area contributed by atoms with Crippen molar-refractivity contribution in [2.75, 3.05) is 7.05 Å². The zero-order valence-corrected chi connectivity index (χ0v) is 10.2. The van der Waals surface area contributed by atoms with Gasteiger partial charge in [0.15, 0.2) is 0 Å². The van der Waals surface area contributed by atoms with Crippen LogP contribution in [0.4, 0.5) is 4.39 Å². The summed E-state index contributed by atoms with van der Waals surface area (Å²) in [6.07, 6.45) is 2.97. The van der Waals surface area contributed by atoms with Crippen LogP contribution in [0.15, 0.2) is 36.7 Å². The molecule has 18 heavy (non-hydrogen) atoms. The van der Waals surface area contributed by atoms with Gasteiger partial charge in [-0.05, 0) is 13.0 Å². The molecule has 0 bridgehead atoms. The average Bonchev–Trinajstić information content (AvgIpc) is 2.90. The van der Waals surface area contributed by atoms with Gasteiger partial charge in [0.1, 0.15) is 5.82 Å². The van der Waals surface area contributed by atoms with Crippen LogP contribution in [-0.2, 0) is 0 Å².